The predicted octanol–water partition coefficient (Wildman–Crippen LogP) is 9.70. The van der Waals surface area contributed by atoms with Crippen LogP contribution in [0.2, 0.25) is 0 Å². The summed E-state index contributed by atoms with van der Waals surface area (Å²) in [5, 5.41) is 3.53. The normalized spacial score (nSPS) is 14.9. The molecule has 39 heavy (non-hydrogen) atoms. The smallest absolute Gasteiger partial charge is 0.0290 e. The zero-order chi connectivity index (χ0) is 27.0. The topological polar surface area (TPSA) is 12.0 Å². The molecule has 1 heteroatoms. The molecule has 1 atom stereocenters. The Morgan fingerprint density at radius 1 is 0.667 bits per heavy atom. The molecule has 0 bridgehead atoms. The zero-order valence-corrected chi connectivity index (χ0v) is 22.7. The number of rotatable bonds is 8. The first-order chi connectivity index (χ1) is 19.3. The molecule has 1 aliphatic rings. The van der Waals surface area contributed by atoms with Gasteiger partial charge in [-0.1, -0.05) is 170 Å². The van der Waals surface area contributed by atoms with Crippen molar-refractivity contribution in [3.63, 3.8) is 0 Å². The van der Waals surface area contributed by atoms with E-state index in [-0.39, 0.29) is 0 Å². The maximum atomic E-state index is 3.53. The molecule has 0 amide bonds. The van der Waals surface area contributed by atoms with Gasteiger partial charge in [0.15, 0.2) is 0 Å². The maximum absolute atomic E-state index is 3.53. The second-order valence-electron chi connectivity index (χ2n) is 9.31. The number of benzene rings is 4. The van der Waals surface area contributed by atoms with E-state index in [1.165, 1.54) is 33.4 Å². The van der Waals surface area contributed by atoms with Crippen LogP contribution in [0.5, 0.6) is 0 Å². The fourth-order valence-electron chi connectivity index (χ4n) is 4.24. The van der Waals surface area contributed by atoms with E-state index in [2.05, 4.69) is 146 Å². The van der Waals surface area contributed by atoms with Gasteiger partial charge in [-0.15, -0.1) is 0 Å². The lowest BCUT2D eigenvalue weighted by atomic mass is 9.99. The standard InChI is InChI=1S/C32H31N.C6H6/c1-2-26(10-9-25-33-32-13-7-4-8-14-32)15-16-27-17-19-29(20-18-27)31-23-21-30(22-24-31)28-11-5-3-6-12-28;1-2-4-6-5-3-1/h2-13,15-24,32-33H,14,25H2,1H3;1-6H/b10-9-,16-15+,26-2+;. The third-order valence-electron chi connectivity index (χ3n) is 6.49. The van der Waals surface area contributed by atoms with E-state index in [4.69, 9.17) is 0 Å². The predicted molar refractivity (Wildman–Crippen MR) is 170 cm³/mol. The molecular weight excluding hydrogens is 470 g/mol. The number of allylic oxidation sites excluding steroid dienone is 6. The lowest BCUT2D eigenvalue weighted by molar-refractivity contribution is 0.637. The van der Waals surface area contributed by atoms with Crippen molar-refractivity contribution in [1.29, 1.82) is 0 Å². The first-order valence-electron chi connectivity index (χ1n) is 13.7. The van der Waals surface area contributed by atoms with Crippen molar-refractivity contribution < 1.29 is 0 Å². The molecule has 0 aliphatic heterocycles. The van der Waals surface area contributed by atoms with E-state index in [9.17, 15) is 0 Å². The summed E-state index contributed by atoms with van der Waals surface area (Å²) in [5.74, 6) is 0. The molecule has 0 spiro atoms. The SMILES string of the molecule is C/C=C(\C=C/CNC1C=CC=CC1)/C=C/c1ccc(-c2ccc(-c3ccccc3)cc2)cc1.c1ccccc1. The summed E-state index contributed by atoms with van der Waals surface area (Å²) < 4.78 is 0. The van der Waals surface area contributed by atoms with Crippen LogP contribution < -0.4 is 5.32 Å². The number of nitrogens with one attached hydrogen (secondary N) is 1. The number of hydrogen-bond donors (Lipinski definition) is 1. The highest BCUT2D eigenvalue weighted by Crippen LogP contribution is 2.25. The van der Waals surface area contributed by atoms with Crippen molar-refractivity contribution in [3.05, 3.63) is 175 Å². The quantitative estimate of drug-likeness (QED) is 0.234. The van der Waals surface area contributed by atoms with Crippen LogP contribution in [0.3, 0.4) is 0 Å². The molecule has 4 aromatic carbocycles. The Bertz CT molecular complexity index is 1360. The molecule has 1 N–H and O–H groups in total. The Hall–Kier alpha value is -4.46. The minimum Gasteiger partial charge on any atom is -0.307 e. The summed E-state index contributed by atoms with van der Waals surface area (Å²) in [7, 11) is 0. The van der Waals surface area contributed by atoms with Crippen molar-refractivity contribution in [2.75, 3.05) is 6.54 Å². The lowest BCUT2D eigenvalue weighted by Gasteiger charge is -2.13. The summed E-state index contributed by atoms with van der Waals surface area (Å²) in [6, 6.07) is 40.5. The van der Waals surface area contributed by atoms with Crippen molar-refractivity contribution in [2.24, 2.45) is 0 Å². The third kappa shape index (κ3) is 9.41. The van der Waals surface area contributed by atoms with Crippen LogP contribution >= 0.6 is 0 Å². The van der Waals surface area contributed by atoms with Crippen molar-refractivity contribution in [1.82, 2.24) is 5.32 Å². The monoisotopic (exact) mass is 507 g/mol. The Labute approximate surface area is 234 Å². The average molecular weight is 508 g/mol. The minimum absolute atomic E-state index is 0.442. The summed E-state index contributed by atoms with van der Waals surface area (Å²) in [6.07, 6.45) is 20.5. The van der Waals surface area contributed by atoms with Crippen LogP contribution in [0.25, 0.3) is 28.3 Å². The highest BCUT2D eigenvalue weighted by molar-refractivity contribution is 5.71. The summed E-state index contributed by atoms with van der Waals surface area (Å²) >= 11 is 0. The fourth-order valence-corrected chi connectivity index (χ4v) is 4.24. The van der Waals surface area contributed by atoms with Crippen molar-refractivity contribution in [2.45, 2.75) is 19.4 Å². The van der Waals surface area contributed by atoms with Crippen LogP contribution in [0.1, 0.15) is 18.9 Å². The van der Waals surface area contributed by atoms with E-state index >= 15 is 0 Å². The van der Waals surface area contributed by atoms with Gasteiger partial charge in [0.05, 0.1) is 0 Å². The largest absolute Gasteiger partial charge is 0.307 e. The lowest BCUT2D eigenvalue weighted by Crippen LogP contribution is -2.27. The Kier molecular flexibility index (Phi) is 11.1. The molecule has 0 heterocycles. The third-order valence-corrected chi connectivity index (χ3v) is 6.49. The van der Waals surface area contributed by atoms with Gasteiger partial charge in [-0.2, -0.15) is 0 Å². The molecular formula is C38H37N. The second kappa shape index (κ2) is 15.7. The average Bonchev–Trinajstić information content (AvgIpc) is 3.03. The van der Waals surface area contributed by atoms with Crippen LogP contribution in [-0.2, 0) is 0 Å². The molecule has 5 rings (SSSR count). The molecule has 4 aromatic rings. The van der Waals surface area contributed by atoms with Gasteiger partial charge in [0.2, 0.25) is 0 Å². The molecule has 0 radical (unpaired) electrons. The van der Waals surface area contributed by atoms with Gasteiger partial charge < -0.3 is 5.32 Å². The van der Waals surface area contributed by atoms with Gasteiger partial charge in [0.25, 0.3) is 0 Å². The molecule has 0 aromatic heterocycles. The van der Waals surface area contributed by atoms with Crippen molar-refractivity contribution >= 4 is 6.08 Å². The highest BCUT2D eigenvalue weighted by atomic mass is 14.9. The Morgan fingerprint density at radius 3 is 1.74 bits per heavy atom. The fraction of sp³-hybridized carbons (Fsp3) is 0.105. The molecule has 0 saturated carbocycles. The van der Waals surface area contributed by atoms with Crippen LogP contribution in [0.15, 0.2) is 169 Å². The van der Waals surface area contributed by atoms with E-state index in [1.54, 1.807) is 0 Å². The van der Waals surface area contributed by atoms with Crippen LogP contribution in [0, 0.1) is 0 Å². The van der Waals surface area contributed by atoms with Gasteiger partial charge >= 0.3 is 0 Å². The van der Waals surface area contributed by atoms with E-state index in [0.29, 0.717) is 6.04 Å². The van der Waals surface area contributed by atoms with E-state index < -0.39 is 0 Å². The summed E-state index contributed by atoms with van der Waals surface area (Å²) in [5.41, 5.74) is 7.36. The van der Waals surface area contributed by atoms with Gasteiger partial charge in [-0.25, -0.2) is 0 Å². The van der Waals surface area contributed by atoms with Crippen LogP contribution in [0.4, 0.5) is 0 Å². The minimum atomic E-state index is 0.442. The van der Waals surface area contributed by atoms with Crippen LogP contribution in [-0.4, -0.2) is 12.6 Å². The molecule has 0 fully saturated rings. The first-order valence-corrected chi connectivity index (χ1v) is 13.7. The first kappa shape index (κ1) is 27.6. The molecule has 194 valence electrons. The molecule has 1 unspecified atom stereocenters. The maximum Gasteiger partial charge on any atom is 0.0290 e. The number of hydrogen-bond acceptors (Lipinski definition) is 1. The Morgan fingerprint density at radius 2 is 1.21 bits per heavy atom. The molecule has 1 nitrogen and oxygen atoms in total. The van der Waals surface area contributed by atoms with Gasteiger partial charge in [-0.3, -0.25) is 0 Å². The second-order valence-corrected chi connectivity index (χ2v) is 9.31. The summed E-state index contributed by atoms with van der Waals surface area (Å²) in [4.78, 5) is 0. The van der Waals surface area contributed by atoms with Gasteiger partial charge in [-0.05, 0) is 46.7 Å². The zero-order valence-electron chi connectivity index (χ0n) is 22.7. The molecule has 0 saturated heterocycles. The Balaban J connectivity index is 0.000000519. The van der Waals surface area contributed by atoms with E-state index in [1.807, 2.05) is 36.4 Å². The van der Waals surface area contributed by atoms with Crippen molar-refractivity contribution in [3.8, 4) is 22.3 Å². The van der Waals surface area contributed by atoms with Gasteiger partial charge in [0, 0.05) is 12.6 Å². The highest BCUT2D eigenvalue weighted by Gasteiger charge is 2.02. The van der Waals surface area contributed by atoms with E-state index in [0.717, 1.165) is 13.0 Å². The molecule has 1 aliphatic carbocycles. The summed E-state index contributed by atoms with van der Waals surface area (Å²) in [6.45, 7) is 2.94. The van der Waals surface area contributed by atoms with Gasteiger partial charge in [0.1, 0.15) is 0 Å².